The van der Waals surface area contributed by atoms with Crippen molar-refractivity contribution in [3.05, 3.63) is 65.9 Å². The van der Waals surface area contributed by atoms with Crippen molar-refractivity contribution in [3.8, 4) is 5.75 Å². The van der Waals surface area contributed by atoms with Gasteiger partial charge in [0, 0.05) is 36.1 Å². The van der Waals surface area contributed by atoms with E-state index in [1.54, 1.807) is 12.0 Å². The van der Waals surface area contributed by atoms with Gasteiger partial charge in [-0.2, -0.15) is 0 Å². The van der Waals surface area contributed by atoms with Crippen molar-refractivity contribution in [2.75, 3.05) is 20.2 Å². The molecule has 2 atom stereocenters. The van der Waals surface area contributed by atoms with Crippen molar-refractivity contribution in [2.24, 2.45) is 5.92 Å². The van der Waals surface area contributed by atoms with E-state index in [-0.39, 0.29) is 24.8 Å². The van der Waals surface area contributed by atoms with Crippen molar-refractivity contribution in [1.82, 2.24) is 9.88 Å². The summed E-state index contributed by atoms with van der Waals surface area (Å²) in [6, 6.07) is 15.3. The lowest BCUT2D eigenvalue weighted by molar-refractivity contribution is -0.141. The number of benzene rings is 2. The molecule has 1 aromatic heterocycles. The molecule has 2 heterocycles. The molecule has 0 bridgehead atoms. The van der Waals surface area contributed by atoms with Gasteiger partial charge in [-0.1, -0.05) is 30.3 Å². The second-order valence-corrected chi connectivity index (χ2v) is 7.16. The lowest BCUT2D eigenvalue weighted by Gasteiger charge is -2.16. The Morgan fingerprint density at radius 3 is 2.68 bits per heavy atom. The minimum atomic E-state index is -0.860. The number of methoxy groups -OCH3 is 1. The Balaban J connectivity index is 1.55. The smallest absolute Gasteiger partial charge is 0.308 e. The quantitative estimate of drug-likeness (QED) is 0.715. The molecule has 3 aromatic rings. The number of aromatic amines is 1. The van der Waals surface area contributed by atoms with Crippen LogP contribution in [0.4, 0.5) is 0 Å². The molecule has 0 aliphatic carbocycles. The first-order valence-electron chi connectivity index (χ1n) is 9.26. The summed E-state index contributed by atoms with van der Waals surface area (Å²) in [5.41, 5.74) is 2.78. The molecule has 4 rings (SSSR count). The fourth-order valence-corrected chi connectivity index (χ4v) is 4.00. The average Bonchev–Trinajstić information content (AvgIpc) is 3.33. The van der Waals surface area contributed by atoms with E-state index in [9.17, 15) is 14.7 Å². The molecule has 1 amide bonds. The van der Waals surface area contributed by atoms with Crippen LogP contribution in [0, 0.1) is 5.92 Å². The topological polar surface area (TPSA) is 82.6 Å². The maximum atomic E-state index is 12.9. The molecule has 1 fully saturated rings. The Morgan fingerprint density at radius 2 is 1.96 bits per heavy atom. The van der Waals surface area contributed by atoms with Crippen LogP contribution in [0.3, 0.4) is 0 Å². The van der Waals surface area contributed by atoms with Crippen LogP contribution in [0.1, 0.15) is 17.0 Å². The molecule has 2 aromatic carbocycles. The Labute approximate surface area is 162 Å². The molecule has 0 unspecified atom stereocenters. The van der Waals surface area contributed by atoms with Crippen LogP contribution >= 0.6 is 0 Å². The zero-order valence-corrected chi connectivity index (χ0v) is 15.6. The van der Waals surface area contributed by atoms with Crippen molar-refractivity contribution in [2.45, 2.75) is 12.3 Å². The summed E-state index contributed by atoms with van der Waals surface area (Å²) in [7, 11) is 1.61. The number of amides is 1. The van der Waals surface area contributed by atoms with E-state index in [1.807, 2.05) is 54.7 Å². The third-order valence-electron chi connectivity index (χ3n) is 5.53. The number of nitrogens with one attached hydrogen (secondary N) is 1. The summed E-state index contributed by atoms with van der Waals surface area (Å²) in [6.45, 7) is 0.658. The first kappa shape index (κ1) is 18.1. The number of aromatic nitrogens is 1. The van der Waals surface area contributed by atoms with Gasteiger partial charge in [-0.05, 0) is 29.3 Å². The number of carbonyl (C=O) groups is 2. The second kappa shape index (κ2) is 7.38. The number of carbonyl (C=O) groups excluding carboxylic acids is 1. The average molecular weight is 378 g/mol. The van der Waals surface area contributed by atoms with E-state index < -0.39 is 11.9 Å². The summed E-state index contributed by atoms with van der Waals surface area (Å²) >= 11 is 0. The fourth-order valence-electron chi connectivity index (χ4n) is 4.00. The predicted molar refractivity (Wildman–Crippen MR) is 105 cm³/mol. The summed E-state index contributed by atoms with van der Waals surface area (Å²) in [6.07, 6.45) is 2.06. The molecular weight excluding hydrogens is 356 g/mol. The summed E-state index contributed by atoms with van der Waals surface area (Å²) < 4.78 is 5.28. The molecular formula is C22H22N2O4. The number of ether oxygens (including phenoxy) is 1. The van der Waals surface area contributed by atoms with Gasteiger partial charge in [-0.25, -0.2) is 0 Å². The number of fused-ring (bicyclic) bond motifs is 1. The van der Waals surface area contributed by atoms with Crippen molar-refractivity contribution in [1.29, 1.82) is 0 Å². The van der Waals surface area contributed by atoms with Crippen LogP contribution in [-0.4, -0.2) is 47.1 Å². The van der Waals surface area contributed by atoms with E-state index in [0.717, 1.165) is 27.8 Å². The van der Waals surface area contributed by atoms with E-state index in [2.05, 4.69) is 4.98 Å². The molecule has 0 spiro atoms. The van der Waals surface area contributed by atoms with Gasteiger partial charge in [0.15, 0.2) is 0 Å². The largest absolute Gasteiger partial charge is 0.497 e. The van der Waals surface area contributed by atoms with Gasteiger partial charge in [0.1, 0.15) is 5.75 Å². The van der Waals surface area contributed by atoms with Crippen LogP contribution in [0.15, 0.2) is 54.7 Å². The molecule has 1 aliphatic rings. The molecule has 144 valence electrons. The van der Waals surface area contributed by atoms with Crippen LogP contribution in [0.5, 0.6) is 5.75 Å². The molecule has 28 heavy (non-hydrogen) atoms. The zero-order valence-electron chi connectivity index (χ0n) is 15.6. The molecule has 1 saturated heterocycles. The predicted octanol–water partition coefficient (Wildman–Crippen LogP) is 3.05. The highest BCUT2D eigenvalue weighted by Crippen LogP contribution is 2.33. The van der Waals surface area contributed by atoms with Gasteiger partial charge >= 0.3 is 5.97 Å². The Kier molecular flexibility index (Phi) is 4.77. The second-order valence-electron chi connectivity index (χ2n) is 7.16. The summed E-state index contributed by atoms with van der Waals surface area (Å²) in [4.78, 5) is 29.6. The maximum absolute atomic E-state index is 12.9. The number of nitrogens with zero attached hydrogens (tertiary/aromatic N) is 1. The summed E-state index contributed by atoms with van der Waals surface area (Å²) in [5.74, 6) is -0.966. The highest BCUT2D eigenvalue weighted by atomic mass is 16.5. The van der Waals surface area contributed by atoms with Gasteiger partial charge in [0.25, 0.3) is 0 Å². The third-order valence-corrected chi connectivity index (χ3v) is 5.53. The molecule has 6 nitrogen and oxygen atoms in total. The maximum Gasteiger partial charge on any atom is 0.308 e. The SMILES string of the molecule is COc1ccc2[nH]cc(CC(=O)N3C[C@H](C(=O)O)[C@H](c4ccccc4)C3)c2c1. The van der Waals surface area contributed by atoms with Gasteiger partial charge in [0.2, 0.25) is 5.91 Å². The number of carboxylic acids is 1. The number of rotatable bonds is 5. The van der Waals surface area contributed by atoms with E-state index in [4.69, 9.17) is 4.74 Å². The first-order chi connectivity index (χ1) is 13.6. The first-order valence-corrected chi connectivity index (χ1v) is 9.26. The molecule has 0 saturated carbocycles. The van der Waals surface area contributed by atoms with Crippen LogP contribution < -0.4 is 4.74 Å². The van der Waals surface area contributed by atoms with Crippen LogP contribution in [-0.2, 0) is 16.0 Å². The Morgan fingerprint density at radius 1 is 1.18 bits per heavy atom. The van der Waals surface area contributed by atoms with Crippen molar-refractivity contribution >= 4 is 22.8 Å². The van der Waals surface area contributed by atoms with Gasteiger partial charge < -0.3 is 19.7 Å². The highest BCUT2D eigenvalue weighted by molar-refractivity contribution is 5.90. The third kappa shape index (κ3) is 3.33. The molecule has 0 radical (unpaired) electrons. The Bertz CT molecular complexity index is 1010. The monoisotopic (exact) mass is 378 g/mol. The molecule has 6 heteroatoms. The number of hydrogen-bond acceptors (Lipinski definition) is 3. The Hall–Kier alpha value is -3.28. The van der Waals surface area contributed by atoms with Crippen molar-refractivity contribution in [3.63, 3.8) is 0 Å². The summed E-state index contributed by atoms with van der Waals surface area (Å²) in [5, 5.41) is 10.6. The van der Waals surface area contributed by atoms with Crippen LogP contribution in [0.2, 0.25) is 0 Å². The highest BCUT2D eigenvalue weighted by Gasteiger charge is 2.40. The number of aliphatic carboxylic acids is 1. The lowest BCUT2D eigenvalue weighted by Crippen LogP contribution is -2.31. The lowest BCUT2D eigenvalue weighted by atomic mass is 9.89. The number of likely N-dealkylation sites (tertiary alicyclic amines) is 1. The normalized spacial score (nSPS) is 19.1. The fraction of sp³-hybridized carbons (Fsp3) is 0.273. The minimum absolute atomic E-state index is 0.0617. The number of H-pyrrole nitrogens is 1. The van der Waals surface area contributed by atoms with Gasteiger partial charge in [-0.15, -0.1) is 0 Å². The standard InChI is InChI=1S/C22H22N2O4/c1-28-16-7-8-20-17(10-16)15(11-23-20)9-21(25)24-12-18(19(13-24)22(26)27)14-5-3-2-4-6-14/h2-8,10-11,18-19,23H,9,12-13H2,1H3,(H,26,27)/t18-,19-/m0/s1. The van der Waals surface area contributed by atoms with E-state index >= 15 is 0 Å². The molecule has 1 aliphatic heterocycles. The van der Waals surface area contributed by atoms with Crippen molar-refractivity contribution < 1.29 is 19.4 Å². The zero-order chi connectivity index (χ0) is 19.7. The van der Waals surface area contributed by atoms with E-state index in [0.29, 0.717) is 6.54 Å². The number of hydrogen-bond donors (Lipinski definition) is 2. The van der Waals surface area contributed by atoms with Gasteiger partial charge in [0.05, 0.1) is 19.4 Å². The van der Waals surface area contributed by atoms with E-state index in [1.165, 1.54) is 0 Å². The number of carboxylic acid groups (broad SMARTS) is 1. The molecule has 2 N–H and O–H groups in total. The van der Waals surface area contributed by atoms with Gasteiger partial charge in [-0.3, -0.25) is 9.59 Å². The minimum Gasteiger partial charge on any atom is -0.497 e. The van der Waals surface area contributed by atoms with Crippen LogP contribution in [0.25, 0.3) is 10.9 Å².